The fraction of sp³-hybridized carbons (Fsp3) is 0.857. The largest absolute Gasteiger partial charge is 0.450 e. The second-order valence-electron chi connectivity index (χ2n) is 7.14. The molecule has 3 N–H and O–H groups in total. The van der Waals surface area contributed by atoms with E-state index >= 15 is 0 Å². The third kappa shape index (κ3) is 9.33. The summed E-state index contributed by atoms with van der Waals surface area (Å²) in [5.74, 6) is 0.000764. The maximum atomic E-state index is 12.0. The maximum Gasteiger partial charge on any atom is 0.404 e. The first kappa shape index (κ1) is 17.7. The Kier molecular flexibility index (Phi) is 6.33. The lowest BCUT2D eigenvalue weighted by Gasteiger charge is -2.29. The molecule has 0 radical (unpaired) electrons. The van der Waals surface area contributed by atoms with Gasteiger partial charge >= 0.3 is 6.09 Å². The predicted octanol–water partition coefficient (Wildman–Crippen LogP) is 2.44. The number of hydrogen-bond acceptors (Lipinski definition) is 3. The molecule has 5 heteroatoms. The van der Waals surface area contributed by atoms with Crippen LogP contribution >= 0.6 is 0 Å². The van der Waals surface area contributed by atoms with E-state index in [1.54, 1.807) is 0 Å². The Balaban J connectivity index is 4.50. The normalized spacial score (nSPS) is 13.8. The molecule has 0 heterocycles. The molecule has 0 fully saturated rings. The smallest absolute Gasteiger partial charge is 0.404 e. The van der Waals surface area contributed by atoms with Crippen LogP contribution in [-0.2, 0) is 9.53 Å². The Labute approximate surface area is 116 Å². The highest BCUT2D eigenvalue weighted by Crippen LogP contribution is 2.23. The van der Waals surface area contributed by atoms with Crippen molar-refractivity contribution in [3.8, 4) is 0 Å². The first-order valence-corrected chi connectivity index (χ1v) is 6.65. The lowest BCUT2D eigenvalue weighted by atomic mass is 9.86. The first-order valence-electron chi connectivity index (χ1n) is 6.65. The molecule has 0 aliphatic carbocycles. The zero-order valence-electron chi connectivity index (χ0n) is 13.0. The van der Waals surface area contributed by atoms with Crippen molar-refractivity contribution in [3.05, 3.63) is 0 Å². The van der Waals surface area contributed by atoms with Crippen LogP contribution in [0, 0.1) is 10.8 Å². The molecule has 2 amide bonds. The molecule has 0 aliphatic rings. The molecule has 5 nitrogen and oxygen atoms in total. The predicted molar refractivity (Wildman–Crippen MR) is 75.6 cm³/mol. The number of hydrogen-bond donors (Lipinski definition) is 2. The minimum Gasteiger partial charge on any atom is -0.450 e. The summed E-state index contributed by atoms with van der Waals surface area (Å²) in [6.07, 6.45) is 0.607. The molecule has 0 saturated carbocycles. The number of carbonyl (C=O) groups excluding carboxylic acids is 2. The topological polar surface area (TPSA) is 81.4 Å². The van der Waals surface area contributed by atoms with Crippen molar-refractivity contribution < 1.29 is 14.3 Å². The molecule has 0 spiro atoms. The quantitative estimate of drug-likeness (QED) is 0.806. The number of nitrogens with one attached hydrogen (secondary N) is 1. The molecule has 0 aromatic carbocycles. The van der Waals surface area contributed by atoms with Gasteiger partial charge in [-0.05, 0) is 11.8 Å². The Bertz CT molecular complexity index is 314. The lowest BCUT2D eigenvalue weighted by molar-refractivity contribution is -0.129. The maximum absolute atomic E-state index is 12.0. The van der Waals surface area contributed by atoms with Crippen LogP contribution in [0.5, 0.6) is 0 Å². The number of carbonyl (C=O) groups is 2. The monoisotopic (exact) mass is 272 g/mol. The SMILES string of the molecule is CC(C)(C)C[C@@H](CCOC(N)=O)NC(=O)C(C)(C)C. The van der Waals surface area contributed by atoms with Crippen molar-refractivity contribution in [2.45, 2.75) is 60.4 Å². The number of ether oxygens (including phenoxy) is 1. The summed E-state index contributed by atoms with van der Waals surface area (Å²) in [7, 11) is 0. The van der Waals surface area contributed by atoms with Crippen LogP contribution in [0.15, 0.2) is 0 Å². The van der Waals surface area contributed by atoms with Crippen molar-refractivity contribution in [2.75, 3.05) is 6.61 Å². The summed E-state index contributed by atoms with van der Waals surface area (Å²) in [4.78, 5) is 22.6. The van der Waals surface area contributed by atoms with E-state index < -0.39 is 11.5 Å². The van der Waals surface area contributed by atoms with Crippen molar-refractivity contribution in [1.82, 2.24) is 5.32 Å². The van der Waals surface area contributed by atoms with Gasteiger partial charge in [-0.1, -0.05) is 41.5 Å². The molecule has 0 unspecified atom stereocenters. The Morgan fingerprint density at radius 3 is 2.05 bits per heavy atom. The fourth-order valence-corrected chi connectivity index (χ4v) is 1.67. The number of primary amides is 1. The van der Waals surface area contributed by atoms with E-state index in [0.717, 1.165) is 6.42 Å². The zero-order chi connectivity index (χ0) is 15.3. The van der Waals surface area contributed by atoms with Gasteiger partial charge in [-0.2, -0.15) is 0 Å². The second-order valence-corrected chi connectivity index (χ2v) is 7.14. The van der Waals surface area contributed by atoms with E-state index in [4.69, 9.17) is 10.5 Å². The van der Waals surface area contributed by atoms with Crippen LogP contribution in [0.4, 0.5) is 4.79 Å². The van der Waals surface area contributed by atoms with Gasteiger partial charge in [-0.15, -0.1) is 0 Å². The highest BCUT2D eigenvalue weighted by Gasteiger charge is 2.26. The minimum atomic E-state index is -0.781. The minimum absolute atomic E-state index is 0.000764. The van der Waals surface area contributed by atoms with Gasteiger partial charge in [0.2, 0.25) is 5.91 Å². The van der Waals surface area contributed by atoms with E-state index in [1.807, 2.05) is 20.8 Å². The Morgan fingerprint density at radius 2 is 1.68 bits per heavy atom. The van der Waals surface area contributed by atoms with Gasteiger partial charge in [-0.25, -0.2) is 4.79 Å². The first-order chi connectivity index (χ1) is 8.42. The molecule has 0 rings (SSSR count). The summed E-state index contributed by atoms with van der Waals surface area (Å²) < 4.78 is 4.74. The van der Waals surface area contributed by atoms with Gasteiger partial charge in [0.25, 0.3) is 0 Å². The van der Waals surface area contributed by atoms with Crippen molar-refractivity contribution in [1.29, 1.82) is 0 Å². The second kappa shape index (κ2) is 6.78. The molecule has 0 bridgehead atoms. The summed E-state index contributed by atoms with van der Waals surface area (Å²) in [5.41, 5.74) is 4.58. The van der Waals surface area contributed by atoms with Crippen LogP contribution in [0.25, 0.3) is 0 Å². The average molecular weight is 272 g/mol. The standard InChI is InChI=1S/C14H28N2O3/c1-13(2,3)9-10(7-8-19-12(15)18)16-11(17)14(4,5)6/h10H,7-9H2,1-6H3,(H2,15,18)(H,16,17)/t10-/m1/s1. The number of nitrogens with two attached hydrogens (primary N) is 1. The van der Waals surface area contributed by atoms with E-state index in [-0.39, 0.29) is 24.0 Å². The molecule has 112 valence electrons. The molecule has 19 heavy (non-hydrogen) atoms. The van der Waals surface area contributed by atoms with Gasteiger partial charge in [-0.3, -0.25) is 4.79 Å². The van der Waals surface area contributed by atoms with Gasteiger partial charge in [0.15, 0.2) is 0 Å². The molecule has 0 saturated heterocycles. The van der Waals surface area contributed by atoms with Crippen LogP contribution in [0.1, 0.15) is 54.4 Å². The number of amides is 2. The summed E-state index contributed by atoms with van der Waals surface area (Å²) in [6, 6.07) is -0.0222. The number of rotatable bonds is 5. The third-order valence-corrected chi connectivity index (χ3v) is 2.59. The summed E-state index contributed by atoms with van der Waals surface area (Å²) >= 11 is 0. The van der Waals surface area contributed by atoms with Crippen molar-refractivity contribution in [2.24, 2.45) is 16.6 Å². The zero-order valence-corrected chi connectivity index (χ0v) is 13.0. The van der Waals surface area contributed by atoms with E-state index in [2.05, 4.69) is 26.1 Å². The van der Waals surface area contributed by atoms with Crippen LogP contribution in [0.2, 0.25) is 0 Å². The Hall–Kier alpha value is -1.26. The van der Waals surface area contributed by atoms with Crippen molar-refractivity contribution >= 4 is 12.0 Å². The van der Waals surface area contributed by atoms with Gasteiger partial charge in [0.1, 0.15) is 0 Å². The molecule has 0 aromatic heterocycles. The summed E-state index contributed by atoms with van der Waals surface area (Å²) in [6.45, 7) is 12.2. The van der Waals surface area contributed by atoms with Crippen LogP contribution < -0.4 is 11.1 Å². The molecule has 0 aromatic rings. The molecule has 1 atom stereocenters. The van der Waals surface area contributed by atoms with E-state index in [9.17, 15) is 9.59 Å². The van der Waals surface area contributed by atoms with Gasteiger partial charge in [0, 0.05) is 17.9 Å². The molecular weight excluding hydrogens is 244 g/mol. The molecule has 0 aliphatic heterocycles. The third-order valence-electron chi connectivity index (χ3n) is 2.59. The Morgan fingerprint density at radius 1 is 1.16 bits per heavy atom. The summed E-state index contributed by atoms with van der Waals surface area (Å²) in [5, 5.41) is 3.02. The lowest BCUT2D eigenvalue weighted by Crippen LogP contribution is -2.43. The van der Waals surface area contributed by atoms with E-state index in [1.165, 1.54) is 0 Å². The average Bonchev–Trinajstić information content (AvgIpc) is 2.12. The highest BCUT2D eigenvalue weighted by atomic mass is 16.5. The van der Waals surface area contributed by atoms with E-state index in [0.29, 0.717) is 6.42 Å². The van der Waals surface area contributed by atoms with Gasteiger partial charge < -0.3 is 15.8 Å². The van der Waals surface area contributed by atoms with Crippen LogP contribution in [-0.4, -0.2) is 24.6 Å². The highest BCUT2D eigenvalue weighted by molar-refractivity contribution is 5.81. The van der Waals surface area contributed by atoms with Gasteiger partial charge in [0.05, 0.1) is 6.61 Å². The van der Waals surface area contributed by atoms with Crippen LogP contribution in [0.3, 0.4) is 0 Å². The molecular formula is C14H28N2O3. The fourth-order valence-electron chi connectivity index (χ4n) is 1.67. The van der Waals surface area contributed by atoms with Crippen molar-refractivity contribution in [3.63, 3.8) is 0 Å².